The molecule has 0 fully saturated rings. The van der Waals surface area contributed by atoms with E-state index in [0.29, 0.717) is 11.1 Å². The van der Waals surface area contributed by atoms with E-state index in [4.69, 9.17) is 4.74 Å². The first-order valence-electron chi connectivity index (χ1n) is 6.44. The van der Waals surface area contributed by atoms with Crippen molar-refractivity contribution in [2.75, 3.05) is 6.61 Å². The van der Waals surface area contributed by atoms with E-state index >= 15 is 0 Å². The molecule has 22 heavy (non-hydrogen) atoms. The van der Waals surface area contributed by atoms with Crippen molar-refractivity contribution in [2.45, 2.75) is 0 Å². The van der Waals surface area contributed by atoms with Gasteiger partial charge >= 0.3 is 5.97 Å². The van der Waals surface area contributed by atoms with E-state index in [9.17, 15) is 14.0 Å². The standard InChI is InChI=1S/C17H12BrFO3/c18-14-5-2-4-13(10-14)16(20)11-22-17(21)8-7-12-3-1-6-15(19)9-12/h1-10H,11H2/b8-7+. The van der Waals surface area contributed by atoms with E-state index in [1.165, 1.54) is 24.3 Å². The summed E-state index contributed by atoms with van der Waals surface area (Å²) in [5.74, 6) is -1.35. The minimum absolute atomic E-state index is 0.297. The van der Waals surface area contributed by atoms with Gasteiger partial charge in [0.25, 0.3) is 0 Å². The van der Waals surface area contributed by atoms with Crippen LogP contribution >= 0.6 is 15.9 Å². The van der Waals surface area contributed by atoms with Crippen LogP contribution in [0.5, 0.6) is 0 Å². The summed E-state index contributed by atoms with van der Waals surface area (Å²) in [4.78, 5) is 23.4. The topological polar surface area (TPSA) is 43.4 Å². The van der Waals surface area contributed by atoms with Crippen LogP contribution in [0.15, 0.2) is 59.1 Å². The van der Waals surface area contributed by atoms with Crippen molar-refractivity contribution < 1.29 is 18.7 Å². The molecule has 0 saturated carbocycles. The van der Waals surface area contributed by atoms with Gasteiger partial charge in [-0.1, -0.05) is 40.2 Å². The summed E-state index contributed by atoms with van der Waals surface area (Å²) >= 11 is 3.27. The van der Waals surface area contributed by atoms with Gasteiger partial charge in [-0.05, 0) is 35.9 Å². The first kappa shape index (κ1) is 16.1. The normalized spacial score (nSPS) is 10.6. The molecule has 0 aromatic heterocycles. The number of carbonyl (C=O) groups excluding carboxylic acids is 2. The lowest BCUT2D eigenvalue weighted by Gasteiger charge is -2.02. The Bertz CT molecular complexity index is 725. The summed E-state index contributed by atoms with van der Waals surface area (Å²) in [6, 6.07) is 12.6. The van der Waals surface area contributed by atoms with Gasteiger partial charge in [-0.15, -0.1) is 0 Å². The molecule has 0 saturated heterocycles. The van der Waals surface area contributed by atoms with Crippen molar-refractivity contribution in [1.29, 1.82) is 0 Å². The molecule has 0 heterocycles. The maximum Gasteiger partial charge on any atom is 0.331 e. The number of halogens is 2. The molecule has 0 N–H and O–H groups in total. The molecule has 0 aliphatic heterocycles. The van der Waals surface area contributed by atoms with Crippen LogP contribution < -0.4 is 0 Å². The molecule has 0 radical (unpaired) electrons. The van der Waals surface area contributed by atoms with Crippen LogP contribution in [0, 0.1) is 5.82 Å². The molecule has 0 aliphatic carbocycles. The second-order valence-corrected chi connectivity index (χ2v) is 5.35. The van der Waals surface area contributed by atoms with Crippen LogP contribution in [0.25, 0.3) is 6.08 Å². The third kappa shape index (κ3) is 4.93. The zero-order valence-electron chi connectivity index (χ0n) is 11.5. The van der Waals surface area contributed by atoms with Crippen molar-refractivity contribution in [3.05, 3.63) is 76.0 Å². The lowest BCUT2D eigenvalue weighted by atomic mass is 10.1. The number of benzene rings is 2. The molecule has 5 heteroatoms. The first-order valence-corrected chi connectivity index (χ1v) is 7.23. The fourth-order valence-corrected chi connectivity index (χ4v) is 2.10. The summed E-state index contributed by atoms with van der Waals surface area (Å²) in [6.45, 7) is -0.344. The minimum atomic E-state index is -0.660. The number of Topliss-reactive ketones (excluding diaryl/α,β-unsaturated/α-hetero) is 1. The van der Waals surface area contributed by atoms with E-state index in [0.717, 1.165) is 10.5 Å². The van der Waals surface area contributed by atoms with Crippen LogP contribution in [0.4, 0.5) is 4.39 Å². The van der Waals surface area contributed by atoms with Gasteiger partial charge in [0.05, 0.1) is 0 Å². The van der Waals surface area contributed by atoms with Gasteiger partial charge in [0.15, 0.2) is 12.4 Å². The van der Waals surface area contributed by atoms with Gasteiger partial charge in [-0.3, -0.25) is 4.79 Å². The minimum Gasteiger partial charge on any atom is -0.454 e. The summed E-state index contributed by atoms with van der Waals surface area (Å²) < 4.78 is 18.6. The van der Waals surface area contributed by atoms with Crippen molar-refractivity contribution >= 4 is 33.8 Å². The smallest absolute Gasteiger partial charge is 0.331 e. The number of hydrogen-bond acceptors (Lipinski definition) is 3. The van der Waals surface area contributed by atoms with E-state index in [1.54, 1.807) is 30.3 Å². The molecule has 112 valence electrons. The fraction of sp³-hybridized carbons (Fsp3) is 0.0588. The summed E-state index contributed by atoms with van der Waals surface area (Å²) in [6.07, 6.45) is 2.58. The van der Waals surface area contributed by atoms with E-state index in [-0.39, 0.29) is 18.2 Å². The predicted octanol–water partition coefficient (Wildman–Crippen LogP) is 4.03. The Morgan fingerprint density at radius 2 is 1.91 bits per heavy atom. The summed E-state index contributed by atoms with van der Waals surface area (Å²) in [5, 5.41) is 0. The third-order valence-corrected chi connectivity index (χ3v) is 3.25. The van der Waals surface area contributed by atoms with Crippen molar-refractivity contribution in [2.24, 2.45) is 0 Å². The largest absolute Gasteiger partial charge is 0.454 e. The summed E-state index contributed by atoms with van der Waals surface area (Å²) in [5.41, 5.74) is 0.992. The molecule has 3 nitrogen and oxygen atoms in total. The fourth-order valence-electron chi connectivity index (χ4n) is 1.70. The highest BCUT2D eigenvalue weighted by atomic mass is 79.9. The average Bonchev–Trinajstić information content (AvgIpc) is 2.50. The van der Waals surface area contributed by atoms with Crippen LogP contribution in [-0.4, -0.2) is 18.4 Å². The lowest BCUT2D eigenvalue weighted by Crippen LogP contribution is -2.12. The van der Waals surface area contributed by atoms with Crippen molar-refractivity contribution in [1.82, 2.24) is 0 Å². The van der Waals surface area contributed by atoms with Crippen LogP contribution in [0.2, 0.25) is 0 Å². The van der Waals surface area contributed by atoms with Crippen LogP contribution in [0.1, 0.15) is 15.9 Å². The summed E-state index contributed by atoms with van der Waals surface area (Å²) in [7, 11) is 0. The number of ether oxygens (including phenoxy) is 1. The SMILES string of the molecule is O=C(/C=C/c1cccc(F)c1)OCC(=O)c1cccc(Br)c1. The predicted molar refractivity (Wildman–Crippen MR) is 84.9 cm³/mol. The van der Waals surface area contributed by atoms with Crippen LogP contribution in [-0.2, 0) is 9.53 Å². The highest BCUT2D eigenvalue weighted by Crippen LogP contribution is 2.12. The Morgan fingerprint density at radius 3 is 2.64 bits per heavy atom. The van der Waals surface area contributed by atoms with E-state index < -0.39 is 5.97 Å². The second-order valence-electron chi connectivity index (χ2n) is 4.43. The van der Waals surface area contributed by atoms with Crippen LogP contribution in [0.3, 0.4) is 0 Å². The van der Waals surface area contributed by atoms with Gasteiger partial charge < -0.3 is 4.74 Å². The van der Waals surface area contributed by atoms with E-state index in [2.05, 4.69) is 15.9 Å². The number of rotatable bonds is 5. The maximum atomic E-state index is 13.0. The second kappa shape index (κ2) is 7.66. The van der Waals surface area contributed by atoms with Crippen molar-refractivity contribution in [3.8, 4) is 0 Å². The lowest BCUT2D eigenvalue weighted by molar-refractivity contribution is -0.136. The van der Waals surface area contributed by atoms with Gasteiger partial charge in [0, 0.05) is 16.1 Å². The Balaban J connectivity index is 1.89. The zero-order chi connectivity index (χ0) is 15.9. The molecule has 2 aromatic carbocycles. The molecular weight excluding hydrogens is 351 g/mol. The Labute approximate surface area is 135 Å². The molecule has 2 rings (SSSR count). The highest BCUT2D eigenvalue weighted by Gasteiger charge is 2.08. The molecule has 0 aliphatic rings. The highest BCUT2D eigenvalue weighted by molar-refractivity contribution is 9.10. The maximum absolute atomic E-state index is 13.0. The molecule has 0 spiro atoms. The van der Waals surface area contributed by atoms with Crippen molar-refractivity contribution in [3.63, 3.8) is 0 Å². The quantitative estimate of drug-likeness (QED) is 0.458. The first-order chi connectivity index (χ1) is 10.5. The third-order valence-electron chi connectivity index (χ3n) is 2.75. The number of esters is 1. The van der Waals surface area contributed by atoms with E-state index in [1.807, 2.05) is 0 Å². The molecule has 0 unspecified atom stereocenters. The number of ketones is 1. The molecular formula is C17H12BrFO3. The molecule has 0 bridgehead atoms. The Hall–Kier alpha value is -2.27. The van der Waals surface area contributed by atoms with Gasteiger partial charge in [0.2, 0.25) is 0 Å². The number of carbonyl (C=O) groups is 2. The Kier molecular flexibility index (Phi) is 5.61. The molecule has 0 amide bonds. The average molecular weight is 363 g/mol. The Morgan fingerprint density at radius 1 is 1.14 bits per heavy atom. The number of hydrogen-bond donors (Lipinski definition) is 0. The zero-order valence-corrected chi connectivity index (χ0v) is 13.0. The van der Waals surface area contributed by atoms with Gasteiger partial charge in [-0.25, -0.2) is 9.18 Å². The molecule has 2 aromatic rings. The molecule has 0 atom stereocenters. The monoisotopic (exact) mass is 362 g/mol. The van der Waals surface area contributed by atoms with Gasteiger partial charge in [-0.2, -0.15) is 0 Å². The van der Waals surface area contributed by atoms with Gasteiger partial charge in [0.1, 0.15) is 5.82 Å².